The smallest absolute Gasteiger partial charge is 0.410 e. The number of rotatable bonds is 11. The van der Waals surface area contributed by atoms with Crippen LogP contribution in [0.1, 0.15) is 58.9 Å². The van der Waals surface area contributed by atoms with Crippen LogP contribution >= 0.6 is 0 Å². The highest BCUT2D eigenvalue weighted by atomic mass is 32.3. The van der Waals surface area contributed by atoms with Gasteiger partial charge in [-0.3, -0.25) is 14.4 Å². The van der Waals surface area contributed by atoms with Gasteiger partial charge >= 0.3 is 22.5 Å². The fraction of sp³-hybridized carbons (Fsp3) is 0.474. The van der Waals surface area contributed by atoms with Gasteiger partial charge in [-0.25, -0.2) is 17.8 Å². The van der Waals surface area contributed by atoms with Crippen LogP contribution in [0, 0.1) is 29.4 Å². The van der Waals surface area contributed by atoms with E-state index in [9.17, 15) is 17.8 Å². The zero-order chi connectivity index (χ0) is 39.4. The highest BCUT2D eigenvalue weighted by Crippen LogP contribution is 2.50. The molecular weight excluding hydrogens is 741 g/mol. The van der Waals surface area contributed by atoms with Crippen LogP contribution in [0.15, 0.2) is 30.5 Å². The highest BCUT2D eigenvalue weighted by Gasteiger charge is 2.51. The van der Waals surface area contributed by atoms with Crippen molar-refractivity contribution in [1.82, 2.24) is 19.9 Å². The molecule has 17 heteroatoms. The topological polar surface area (TPSA) is 163 Å². The molecule has 0 spiro atoms. The number of nitrogens with zero attached hydrogens (tertiary/aromatic N) is 5. The van der Waals surface area contributed by atoms with Gasteiger partial charge in [0.2, 0.25) is 0 Å². The lowest BCUT2D eigenvalue weighted by molar-refractivity contribution is 0.0122. The van der Waals surface area contributed by atoms with Gasteiger partial charge in [0.25, 0.3) is 0 Å². The molecule has 292 valence electrons. The summed E-state index contributed by atoms with van der Waals surface area (Å²) in [7, 11) is -3.28. The molecule has 55 heavy (non-hydrogen) atoms. The van der Waals surface area contributed by atoms with Crippen molar-refractivity contribution < 1.29 is 49.7 Å². The number of methoxy groups -OCH3 is 1. The first-order chi connectivity index (χ1) is 26.0. The average molecular weight is 782 g/mol. The van der Waals surface area contributed by atoms with Crippen LogP contribution in [0.3, 0.4) is 0 Å². The SMILES string of the molecule is C#Cc1c(F)ccc2cc(OCOC)cc(-c3ncc4c(N5CC6CCC(C5)N6C(=O)OC(C)(C)C)nc(OCC5(C(C)OS(=O)(=O)O)CC5)nc4c3F)c12. The summed E-state index contributed by atoms with van der Waals surface area (Å²) in [6.07, 6.45) is 8.37. The molecule has 0 radical (unpaired) electrons. The third kappa shape index (κ3) is 7.68. The largest absolute Gasteiger partial charge is 0.468 e. The lowest BCUT2D eigenvalue weighted by atomic mass is 9.95. The number of piperazine rings is 1. The van der Waals surface area contributed by atoms with Crippen molar-refractivity contribution >= 4 is 44.0 Å². The average Bonchev–Trinajstić information content (AvgIpc) is 3.86. The Morgan fingerprint density at radius 3 is 2.45 bits per heavy atom. The summed E-state index contributed by atoms with van der Waals surface area (Å²) in [6.45, 7) is 7.43. The standard InChI is InChI=1S/C38H41F2N5O9S/c1-7-26-29(39)11-8-22-14-25(52-20-50-6)15-27(30(22)26)32-31(40)33-28(16-41-32)34(43-35(42-33)51-19-38(12-13-38)21(2)54-55(47,48)49)44-17-23-9-10-24(18-44)45(23)36(46)53-37(3,4)5/h1,8,11,14-16,21,23-24H,9-10,12-13,17-20H2,2-6H3,(H,47,48,49). The number of hydrogen-bond acceptors (Lipinski definition) is 12. The highest BCUT2D eigenvalue weighted by molar-refractivity contribution is 7.80. The number of ether oxygens (including phenoxy) is 4. The molecule has 4 aromatic rings. The van der Waals surface area contributed by atoms with Crippen LogP contribution in [0.2, 0.25) is 0 Å². The van der Waals surface area contributed by atoms with E-state index < -0.39 is 45.2 Å². The number of aromatic nitrogens is 3. The molecule has 1 amide bonds. The molecule has 2 aromatic heterocycles. The first-order valence-electron chi connectivity index (χ1n) is 17.8. The van der Waals surface area contributed by atoms with E-state index in [1.165, 1.54) is 38.4 Å². The maximum atomic E-state index is 17.2. The van der Waals surface area contributed by atoms with Crippen molar-refractivity contribution in [2.75, 3.05) is 38.5 Å². The van der Waals surface area contributed by atoms with E-state index in [4.69, 9.17) is 34.5 Å². The van der Waals surface area contributed by atoms with Gasteiger partial charge in [0, 0.05) is 42.8 Å². The van der Waals surface area contributed by atoms with Crippen molar-refractivity contribution in [2.45, 2.75) is 77.2 Å². The van der Waals surface area contributed by atoms with Gasteiger partial charge in [0.15, 0.2) is 12.6 Å². The van der Waals surface area contributed by atoms with E-state index in [0.717, 1.165) is 12.8 Å². The monoisotopic (exact) mass is 781 g/mol. The molecule has 2 bridgehead atoms. The quantitative estimate of drug-likeness (QED) is 0.107. The van der Waals surface area contributed by atoms with Crippen LogP contribution in [-0.2, 0) is 24.1 Å². The minimum Gasteiger partial charge on any atom is -0.468 e. The minimum absolute atomic E-state index is 0.0891. The number of terminal acetylenes is 1. The Bertz CT molecular complexity index is 2310. The number of anilines is 1. The van der Waals surface area contributed by atoms with Crippen LogP contribution in [-0.4, -0.2) is 96.3 Å². The zero-order valence-corrected chi connectivity index (χ0v) is 31.8. The number of pyridine rings is 1. The van der Waals surface area contributed by atoms with Crippen molar-refractivity contribution in [3.05, 3.63) is 47.7 Å². The fourth-order valence-electron chi connectivity index (χ4n) is 7.48. The first kappa shape index (κ1) is 38.4. The number of benzene rings is 2. The van der Waals surface area contributed by atoms with Crippen molar-refractivity contribution in [3.8, 4) is 35.4 Å². The van der Waals surface area contributed by atoms with Gasteiger partial charge in [0.1, 0.15) is 34.2 Å². The molecule has 1 aliphatic carbocycles. The van der Waals surface area contributed by atoms with Crippen LogP contribution in [0.4, 0.5) is 19.4 Å². The van der Waals surface area contributed by atoms with Gasteiger partial charge in [-0.05, 0) is 77.0 Å². The van der Waals surface area contributed by atoms with Gasteiger partial charge in [-0.15, -0.1) is 6.42 Å². The molecule has 3 fully saturated rings. The van der Waals surface area contributed by atoms with E-state index in [2.05, 4.69) is 15.9 Å². The second-order valence-corrected chi connectivity index (χ2v) is 16.2. The molecule has 3 atom stereocenters. The van der Waals surface area contributed by atoms with Crippen LogP contribution < -0.4 is 14.4 Å². The molecular formula is C38H41F2N5O9S. The molecule has 14 nitrogen and oxygen atoms in total. The lowest BCUT2D eigenvalue weighted by Crippen LogP contribution is -2.57. The molecule has 4 heterocycles. The molecule has 7 rings (SSSR count). The third-order valence-corrected chi connectivity index (χ3v) is 10.9. The van der Waals surface area contributed by atoms with Crippen LogP contribution in [0.5, 0.6) is 11.8 Å². The predicted molar refractivity (Wildman–Crippen MR) is 197 cm³/mol. The third-order valence-electron chi connectivity index (χ3n) is 10.3. The van der Waals surface area contributed by atoms with E-state index in [1.54, 1.807) is 11.0 Å². The molecule has 3 aliphatic rings. The molecule has 2 aromatic carbocycles. The maximum Gasteiger partial charge on any atom is 0.410 e. The maximum absolute atomic E-state index is 17.2. The second-order valence-electron chi connectivity index (χ2n) is 15.2. The van der Waals surface area contributed by atoms with E-state index in [-0.39, 0.29) is 64.6 Å². The summed E-state index contributed by atoms with van der Waals surface area (Å²) in [6, 6.07) is 5.22. The van der Waals surface area contributed by atoms with Crippen molar-refractivity contribution in [3.63, 3.8) is 0 Å². The summed E-state index contributed by atoms with van der Waals surface area (Å²) in [4.78, 5) is 30.7. The Kier molecular flexibility index (Phi) is 9.99. The number of hydrogen-bond donors (Lipinski definition) is 1. The number of amides is 1. The number of halogens is 2. The van der Waals surface area contributed by atoms with Gasteiger partial charge in [0.05, 0.1) is 35.7 Å². The molecule has 2 aliphatic heterocycles. The Labute approximate surface area is 317 Å². The fourth-order valence-corrected chi connectivity index (χ4v) is 8.05. The summed E-state index contributed by atoms with van der Waals surface area (Å²) < 4.78 is 92.0. The minimum atomic E-state index is -4.73. The van der Waals surface area contributed by atoms with Gasteiger partial charge in [-0.2, -0.15) is 18.4 Å². The van der Waals surface area contributed by atoms with Crippen molar-refractivity contribution in [2.24, 2.45) is 5.41 Å². The Morgan fingerprint density at radius 2 is 1.84 bits per heavy atom. The summed E-state index contributed by atoms with van der Waals surface area (Å²) in [5.41, 5.74) is -1.74. The lowest BCUT2D eigenvalue weighted by Gasteiger charge is -2.42. The van der Waals surface area contributed by atoms with Gasteiger partial charge < -0.3 is 23.8 Å². The summed E-state index contributed by atoms with van der Waals surface area (Å²) >= 11 is 0. The zero-order valence-electron chi connectivity index (χ0n) is 31.0. The first-order valence-corrected chi connectivity index (χ1v) is 19.1. The Balaban J connectivity index is 1.34. The van der Waals surface area contributed by atoms with E-state index >= 15 is 8.78 Å². The number of fused-ring (bicyclic) bond motifs is 4. The predicted octanol–water partition coefficient (Wildman–Crippen LogP) is 6.04. The van der Waals surface area contributed by atoms with Gasteiger partial charge in [-0.1, -0.05) is 12.0 Å². The normalized spacial score (nSPS) is 19.7. The number of carbonyl (C=O) groups excluding carboxylic acids is 1. The van der Waals surface area contributed by atoms with Crippen LogP contribution in [0.25, 0.3) is 32.9 Å². The Hall–Kier alpha value is -4.89. The molecule has 3 unspecified atom stereocenters. The number of carbonyl (C=O) groups is 1. The molecule has 1 N–H and O–H groups in total. The van der Waals surface area contributed by atoms with E-state index in [0.29, 0.717) is 42.9 Å². The summed E-state index contributed by atoms with van der Waals surface area (Å²) in [5.74, 6) is 1.44. The van der Waals surface area contributed by atoms with Crippen molar-refractivity contribution in [1.29, 1.82) is 0 Å². The molecule has 1 saturated carbocycles. The Morgan fingerprint density at radius 1 is 1.13 bits per heavy atom. The second kappa shape index (κ2) is 14.3. The summed E-state index contributed by atoms with van der Waals surface area (Å²) in [5, 5.41) is 0.963. The molecule has 2 saturated heterocycles. The van der Waals surface area contributed by atoms with E-state index in [1.807, 2.05) is 25.7 Å².